The molecule has 3 rings (SSSR count). The molecule has 90 valence electrons. The number of hydrogen-bond donors (Lipinski definition) is 1. The van der Waals surface area contributed by atoms with E-state index in [-0.39, 0.29) is 0 Å². The van der Waals surface area contributed by atoms with Gasteiger partial charge in [0.2, 0.25) is 0 Å². The fourth-order valence-electron chi connectivity index (χ4n) is 2.81. The molecule has 4 heteroatoms. The van der Waals surface area contributed by atoms with E-state index in [0.29, 0.717) is 10.9 Å². The number of piperidine rings is 1. The highest BCUT2D eigenvalue weighted by Crippen LogP contribution is 2.39. The molecule has 0 bridgehead atoms. The van der Waals surface area contributed by atoms with Crippen molar-refractivity contribution in [3.05, 3.63) is 33.5 Å². The van der Waals surface area contributed by atoms with E-state index in [0.717, 1.165) is 23.6 Å². The van der Waals surface area contributed by atoms with Crippen molar-refractivity contribution in [1.82, 2.24) is 10.3 Å². The number of hydrogen-bond acceptors (Lipinski definition) is 2. The van der Waals surface area contributed by atoms with Crippen molar-refractivity contribution in [2.45, 2.75) is 12.8 Å². The van der Waals surface area contributed by atoms with Crippen molar-refractivity contribution in [1.29, 1.82) is 0 Å². The molecule has 2 nitrogen and oxygen atoms in total. The molecule has 2 heterocycles. The summed E-state index contributed by atoms with van der Waals surface area (Å²) < 4.78 is 0.723. The summed E-state index contributed by atoms with van der Waals surface area (Å²) in [5.41, 5.74) is 2.58. The molecule has 2 aliphatic rings. The van der Waals surface area contributed by atoms with E-state index in [4.69, 9.17) is 11.6 Å². The third-order valence-corrected chi connectivity index (χ3v) is 4.89. The number of pyridine rings is 1. The van der Waals surface area contributed by atoms with Crippen molar-refractivity contribution in [2.24, 2.45) is 11.8 Å². The van der Waals surface area contributed by atoms with Crippen LogP contribution in [0.1, 0.15) is 18.4 Å². The smallest absolute Gasteiger partial charge is 0.124 e. The van der Waals surface area contributed by atoms with Crippen LogP contribution in [0, 0.1) is 11.8 Å². The van der Waals surface area contributed by atoms with Crippen molar-refractivity contribution in [3.63, 3.8) is 0 Å². The van der Waals surface area contributed by atoms with Gasteiger partial charge in [-0.15, -0.1) is 0 Å². The lowest BCUT2D eigenvalue weighted by atomic mass is 9.89. The van der Waals surface area contributed by atoms with Crippen LogP contribution in [0.2, 0.25) is 5.02 Å². The third kappa shape index (κ3) is 2.28. The Hall–Kier alpha value is -0.380. The first-order valence-corrected chi connectivity index (χ1v) is 7.14. The predicted molar refractivity (Wildman–Crippen MR) is 74.0 cm³/mol. The van der Waals surface area contributed by atoms with Crippen LogP contribution < -0.4 is 5.32 Å². The lowest BCUT2D eigenvalue weighted by Gasteiger charge is -2.25. The van der Waals surface area contributed by atoms with Crippen molar-refractivity contribution < 1.29 is 0 Å². The van der Waals surface area contributed by atoms with E-state index >= 15 is 0 Å². The molecule has 1 fully saturated rings. The first-order valence-electron chi connectivity index (χ1n) is 5.97. The minimum atomic E-state index is 0.691. The first-order chi connectivity index (χ1) is 8.24. The molecule has 0 unspecified atom stereocenters. The van der Waals surface area contributed by atoms with Gasteiger partial charge in [-0.3, -0.25) is 0 Å². The molecule has 0 spiro atoms. The maximum Gasteiger partial charge on any atom is 0.124 e. The Morgan fingerprint density at radius 2 is 2.35 bits per heavy atom. The van der Waals surface area contributed by atoms with E-state index in [1.54, 1.807) is 0 Å². The van der Waals surface area contributed by atoms with E-state index in [1.165, 1.54) is 24.0 Å². The van der Waals surface area contributed by atoms with Gasteiger partial charge in [0.1, 0.15) is 4.60 Å². The molecule has 1 N–H and O–H groups in total. The van der Waals surface area contributed by atoms with Crippen molar-refractivity contribution in [2.75, 3.05) is 13.1 Å². The van der Waals surface area contributed by atoms with Crippen molar-refractivity contribution >= 4 is 33.1 Å². The number of halogens is 2. The van der Waals surface area contributed by atoms with Gasteiger partial charge in [0, 0.05) is 12.7 Å². The summed E-state index contributed by atoms with van der Waals surface area (Å²) >= 11 is 9.42. The molecule has 0 saturated carbocycles. The fraction of sp³-hybridized carbons (Fsp3) is 0.462. The average Bonchev–Trinajstić information content (AvgIpc) is 2.76. The molecule has 1 saturated heterocycles. The van der Waals surface area contributed by atoms with E-state index in [9.17, 15) is 0 Å². The Kier molecular flexibility index (Phi) is 3.24. The Morgan fingerprint density at radius 3 is 3.12 bits per heavy atom. The number of nitrogens with one attached hydrogen (secondary N) is 1. The summed E-state index contributed by atoms with van der Waals surface area (Å²) in [6.07, 6.45) is 6.76. The molecule has 0 radical (unpaired) electrons. The van der Waals surface area contributed by atoms with Gasteiger partial charge in [-0.1, -0.05) is 17.7 Å². The maximum absolute atomic E-state index is 6.10. The zero-order valence-electron chi connectivity index (χ0n) is 9.42. The van der Waals surface area contributed by atoms with Gasteiger partial charge in [-0.05, 0) is 64.4 Å². The van der Waals surface area contributed by atoms with Crippen LogP contribution in [-0.2, 0) is 0 Å². The molecule has 0 aromatic carbocycles. The lowest BCUT2D eigenvalue weighted by molar-refractivity contribution is 0.323. The Balaban J connectivity index is 1.87. The van der Waals surface area contributed by atoms with Gasteiger partial charge in [0.05, 0.1) is 5.02 Å². The quantitative estimate of drug-likeness (QED) is 0.803. The Labute approximate surface area is 115 Å². The summed E-state index contributed by atoms with van der Waals surface area (Å²) in [4.78, 5) is 4.27. The highest BCUT2D eigenvalue weighted by Gasteiger charge is 2.30. The van der Waals surface area contributed by atoms with Gasteiger partial charge in [-0.2, -0.15) is 0 Å². The number of aromatic nitrogens is 1. The summed E-state index contributed by atoms with van der Waals surface area (Å²) in [6, 6.07) is 2.01. The number of allylic oxidation sites excluding steroid dienone is 1. The summed E-state index contributed by atoms with van der Waals surface area (Å²) in [5, 5.41) is 4.15. The molecule has 17 heavy (non-hydrogen) atoms. The molecule has 1 aromatic rings. The van der Waals surface area contributed by atoms with Crippen LogP contribution in [0.25, 0.3) is 5.57 Å². The molecular weight excluding hydrogens is 300 g/mol. The summed E-state index contributed by atoms with van der Waals surface area (Å²) in [6.45, 7) is 2.27. The topological polar surface area (TPSA) is 24.9 Å². The summed E-state index contributed by atoms with van der Waals surface area (Å²) in [5.74, 6) is 1.51. The molecule has 0 amide bonds. The zero-order valence-corrected chi connectivity index (χ0v) is 11.8. The van der Waals surface area contributed by atoms with Gasteiger partial charge in [0.15, 0.2) is 0 Å². The monoisotopic (exact) mass is 312 g/mol. The van der Waals surface area contributed by atoms with E-state index < -0.39 is 0 Å². The summed E-state index contributed by atoms with van der Waals surface area (Å²) in [7, 11) is 0. The van der Waals surface area contributed by atoms with Gasteiger partial charge in [-0.25, -0.2) is 4.98 Å². The molecule has 1 aliphatic carbocycles. The van der Waals surface area contributed by atoms with Gasteiger partial charge >= 0.3 is 0 Å². The standard InChI is InChI=1S/C13H14BrClN2/c14-13-12(15)5-11(7-17-13)9-3-8-1-2-16-6-10(8)4-9/h4-5,7-8,10,16H,1-3,6H2/t8-,10-/m0/s1. The normalized spacial score (nSPS) is 27.8. The molecule has 1 aromatic heterocycles. The molecule has 2 atom stereocenters. The fourth-order valence-corrected chi connectivity index (χ4v) is 3.19. The second-order valence-electron chi connectivity index (χ2n) is 4.81. The first kappa shape index (κ1) is 11.7. The maximum atomic E-state index is 6.10. The third-order valence-electron chi connectivity index (χ3n) is 3.74. The largest absolute Gasteiger partial charge is 0.316 e. The Morgan fingerprint density at radius 1 is 1.47 bits per heavy atom. The van der Waals surface area contributed by atoms with E-state index in [2.05, 4.69) is 32.3 Å². The minimum absolute atomic E-state index is 0.691. The van der Waals surface area contributed by atoms with Crippen LogP contribution in [0.3, 0.4) is 0 Å². The second-order valence-corrected chi connectivity index (χ2v) is 5.97. The van der Waals surface area contributed by atoms with Crippen LogP contribution in [0.5, 0.6) is 0 Å². The number of nitrogens with zero attached hydrogens (tertiary/aromatic N) is 1. The van der Waals surface area contributed by atoms with Crippen LogP contribution in [-0.4, -0.2) is 18.1 Å². The lowest BCUT2D eigenvalue weighted by Crippen LogP contribution is -2.33. The average molecular weight is 314 g/mol. The predicted octanol–water partition coefficient (Wildman–Crippen LogP) is 3.51. The van der Waals surface area contributed by atoms with Gasteiger partial charge < -0.3 is 5.32 Å². The van der Waals surface area contributed by atoms with Gasteiger partial charge in [0.25, 0.3) is 0 Å². The zero-order chi connectivity index (χ0) is 11.8. The highest BCUT2D eigenvalue weighted by atomic mass is 79.9. The van der Waals surface area contributed by atoms with Crippen LogP contribution in [0.4, 0.5) is 0 Å². The van der Waals surface area contributed by atoms with Crippen LogP contribution >= 0.6 is 27.5 Å². The molecule has 1 aliphatic heterocycles. The highest BCUT2D eigenvalue weighted by molar-refractivity contribution is 9.10. The van der Waals surface area contributed by atoms with E-state index in [1.807, 2.05) is 12.3 Å². The molecular formula is C13H14BrClN2. The Bertz CT molecular complexity index is 472. The SMILES string of the molecule is Clc1cc(C2=C[C@H]3CNCC[C@H]3C2)cnc1Br. The number of fused-ring (bicyclic) bond motifs is 1. The second kappa shape index (κ2) is 4.71. The number of rotatable bonds is 1. The van der Waals surface area contributed by atoms with Crippen molar-refractivity contribution in [3.8, 4) is 0 Å². The van der Waals surface area contributed by atoms with Crippen LogP contribution in [0.15, 0.2) is 22.9 Å². The minimum Gasteiger partial charge on any atom is -0.316 e.